The van der Waals surface area contributed by atoms with Gasteiger partial charge in [0.05, 0.1) is 0 Å². The second-order valence-corrected chi connectivity index (χ2v) is 7.38. The van der Waals surface area contributed by atoms with E-state index in [9.17, 15) is 4.39 Å². The lowest BCUT2D eigenvalue weighted by Crippen LogP contribution is -2.39. The van der Waals surface area contributed by atoms with Crippen LogP contribution in [-0.4, -0.2) is 5.38 Å². The Morgan fingerprint density at radius 1 is 1.26 bits per heavy atom. The fourth-order valence-electron chi connectivity index (χ4n) is 3.34. The van der Waals surface area contributed by atoms with Gasteiger partial charge in [-0.1, -0.05) is 44.9 Å². The van der Waals surface area contributed by atoms with Crippen LogP contribution in [0.15, 0.2) is 18.2 Å². The Balaban J connectivity index is 2.30. The first-order valence-corrected chi connectivity index (χ1v) is 7.73. The molecule has 1 fully saturated rings. The molecular formula is C16H21Cl2F. The Hall–Kier alpha value is -0.270. The SMILES string of the molecule is CC1CCC(C(C)(C)c2ccc(Cl)cc2F)C(Cl)C1. The predicted molar refractivity (Wildman–Crippen MR) is 80.6 cm³/mol. The van der Waals surface area contributed by atoms with Crippen LogP contribution in [0.3, 0.4) is 0 Å². The first kappa shape index (κ1) is 15.1. The summed E-state index contributed by atoms with van der Waals surface area (Å²) in [6.07, 6.45) is 3.25. The third-order valence-corrected chi connectivity index (χ3v) is 5.30. The lowest BCUT2D eigenvalue weighted by molar-refractivity contribution is 0.204. The van der Waals surface area contributed by atoms with Crippen LogP contribution >= 0.6 is 23.2 Å². The van der Waals surface area contributed by atoms with Gasteiger partial charge in [0.25, 0.3) is 0 Å². The molecule has 1 saturated carbocycles. The predicted octanol–water partition coefficient (Wildman–Crippen LogP) is 5.80. The van der Waals surface area contributed by atoms with Gasteiger partial charge in [-0.2, -0.15) is 0 Å². The Morgan fingerprint density at radius 2 is 1.95 bits per heavy atom. The number of hydrogen-bond donors (Lipinski definition) is 0. The van der Waals surface area contributed by atoms with Gasteiger partial charge in [-0.25, -0.2) is 4.39 Å². The van der Waals surface area contributed by atoms with Gasteiger partial charge >= 0.3 is 0 Å². The smallest absolute Gasteiger partial charge is 0.128 e. The minimum atomic E-state index is -0.263. The van der Waals surface area contributed by atoms with E-state index in [1.165, 1.54) is 12.5 Å². The zero-order chi connectivity index (χ0) is 14.2. The molecule has 0 amide bonds. The number of rotatable bonds is 2. The van der Waals surface area contributed by atoms with Crippen LogP contribution in [0.5, 0.6) is 0 Å². The third-order valence-electron chi connectivity index (χ3n) is 4.59. The molecule has 3 heteroatoms. The summed E-state index contributed by atoms with van der Waals surface area (Å²) in [5, 5.41) is 0.561. The molecule has 3 atom stereocenters. The molecule has 0 aromatic heterocycles. The molecule has 2 rings (SSSR count). The second-order valence-electron chi connectivity index (χ2n) is 6.39. The molecule has 1 aromatic carbocycles. The standard InChI is InChI=1S/C16H21Cl2F/c1-10-4-6-12(14(18)8-10)16(2,3)13-7-5-11(17)9-15(13)19/h5,7,9-10,12,14H,4,6,8H2,1-3H3. The highest BCUT2D eigenvalue weighted by atomic mass is 35.5. The maximum Gasteiger partial charge on any atom is 0.128 e. The molecule has 19 heavy (non-hydrogen) atoms. The van der Waals surface area contributed by atoms with Crippen LogP contribution < -0.4 is 0 Å². The summed E-state index contributed by atoms with van der Waals surface area (Å²) in [6, 6.07) is 4.96. The van der Waals surface area contributed by atoms with Crippen LogP contribution in [-0.2, 0) is 5.41 Å². The van der Waals surface area contributed by atoms with E-state index >= 15 is 0 Å². The fourth-order valence-corrected chi connectivity index (χ4v) is 4.24. The fraction of sp³-hybridized carbons (Fsp3) is 0.625. The minimum absolute atomic E-state index is 0.119. The normalized spacial score (nSPS) is 28.4. The molecule has 0 aliphatic heterocycles. The van der Waals surface area contributed by atoms with Crippen molar-refractivity contribution in [1.82, 2.24) is 0 Å². The van der Waals surface area contributed by atoms with Crippen LogP contribution in [0.1, 0.15) is 45.6 Å². The van der Waals surface area contributed by atoms with E-state index in [4.69, 9.17) is 23.2 Å². The number of halogens is 3. The van der Waals surface area contributed by atoms with E-state index in [0.29, 0.717) is 16.9 Å². The summed E-state index contributed by atoms with van der Waals surface area (Å²) >= 11 is 12.4. The van der Waals surface area contributed by atoms with E-state index < -0.39 is 0 Å². The molecule has 1 aliphatic rings. The average Bonchev–Trinajstić information content (AvgIpc) is 2.27. The van der Waals surface area contributed by atoms with Crippen molar-refractivity contribution in [3.05, 3.63) is 34.6 Å². The third kappa shape index (κ3) is 3.08. The molecule has 0 nitrogen and oxygen atoms in total. The molecule has 0 N–H and O–H groups in total. The molecule has 1 aliphatic carbocycles. The molecule has 0 bridgehead atoms. The van der Waals surface area contributed by atoms with E-state index in [2.05, 4.69) is 20.8 Å². The Bertz CT molecular complexity index is 456. The lowest BCUT2D eigenvalue weighted by atomic mass is 9.65. The van der Waals surface area contributed by atoms with Crippen molar-refractivity contribution in [3.8, 4) is 0 Å². The Labute approximate surface area is 125 Å². The monoisotopic (exact) mass is 302 g/mol. The van der Waals surface area contributed by atoms with Gasteiger partial charge in [-0.3, -0.25) is 0 Å². The molecule has 0 radical (unpaired) electrons. The van der Waals surface area contributed by atoms with Gasteiger partial charge in [0, 0.05) is 10.4 Å². The summed E-state index contributed by atoms with van der Waals surface area (Å²) in [5.41, 5.74) is 0.461. The van der Waals surface area contributed by atoms with Crippen LogP contribution in [0.2, 0.25) is 5.02 Å². The van der Waals surface area contributed by atoms with E-state index in [1.807, 2.05) is 0 Å². The highest BCUT2D eigenvalue weighted by Crippen LogP contribution is 2.45. The van der Waals surface area contributed by atoms with Gasteiger partial charge < -0.3 is 0 Å². The first-order valence-electron chi connectivity index (χ1n) is 6.92. The van der Waals surface area contributed by atoms with Crippen molar-refractivity contribution in [1.29, 1.82) is 0 Å². The molecule has 0 saturated heterocycles. The van der Waals surface area contributed by atoms with Gasteiger partial charge in [0.15, 0.2) is 0 Å². The topological polar surface area (TPSA) is 0 Å². The van der Waals surface area contributed by atoms with Crippen LogP contribution in [0.4, 0.5) is 4.39 Å². The van der Waals surface area contributed by atoms with Gasteiger partial charge in [-0.15, -0.1) is 11.6 Å². The minimum Gasteiger partial charge on any atom is -0.207 e. The summed E-state index contributed by atoms with van der Waals surface area (Å²) in [6.45, 7) is 6.42. The quantitative estimate of drug-likeness (QED) is 0.606. The summed E-state index contributed by atoms with van der Waals surface area (Å²) < 4.78 is 14.2. The number of alkyl halides is 1. The molecule has 3 unspecified atom stereocenters. The van der Waals surface area contributed by atoms with Crippen LogP contribution in [0.25, 0.3) is 0 Å². The zero-order valence-electron chi connectivity index (χ0n) is 11.7. The molecule has 0 heterocycles. The second kappa shape index (κ2) is 5.61. The summed E-state index contributed by atoms with van der Waals surface area (Å²) in [7, 11) is 0. The van der Waals surface area contributed by atoms with Crippen LogP contribution in [0, 0.1) is 17.7 Å². The lowest BCUT2D eigenvalue weighted by Gasteiger charge is -2.42. The first-order chi connectivity index (χ1) is 8.82. The summed E-state index contributed by atoms with van der Waals surface area (Å²) in [4.78, 5) is 0. The maximum absolute atomic E-state index is 14.2. The van der Waals surface area contributed by atoms with Crippen molar-refractivity contribution >= 4 is 23.2 Å². The van der Waals surface area contributed by atoms with Crippen molar-refractivity contribution in [2.45, 2.75) is 50.8 Å². The van der Waals surface area contributed by atoms with Gasteiger partial charge in [-0.05, 0) is 47.8 Å². The van der Waals surface area contributed by atoms with Gasteiger partial charge in [0.2, 0.25) is 0 Å². The number of benzene rings is 1. The highest BCUT2D eigenvalue weighted by Gasteiger charge is 2.40. The van der Waals surface area contributed by atoms with Crippen molar-refractivity contribution in [2.75, 3.05) is 0 Å². The van der Waals surface area contributed by atoms with Crippen molar-refractivity contribution < 1.29 is 4.39 Å². The average molecular weight is 303 g/mol. The molecule has 106 valence electrons. The highest BCUT2D eigenvalue weighted by molar-refractivity contribution is 6.30. The molecular weight excluding hydrogens is 282 g/mol. The van der Waals surface area contributed by atoms with E-state index in [0.717, 1.165) is 18.4 Å². The Morgan fingerprint density at radius 3 is 2.53 bits per heavy atom. The molecule has 0 spiro atoms. The van der Waals surface area contributed by atoms with Gasteiger partial charge in [0.1, 0.15) is 5.82 Å². The summed E-state index contributed by atoms with van der Waals surface area (Å²) in [5.74, 6) is 0.755. The van der Waals surface area contributed by atoms with Crippen molar-refractivity contribution in [3.63, 3.8) is 0 Å². The van der Waals surface area contributed by atoms with E-state index in [-0.39, 0.29) is 16.6 Å². The Kier molecular flexibility index (Phi) is 4.47. The maximum atomic E-state index is 14.2. The molecule has 1 aromatic rings. The number of hydrogen-bond acceptors (Lipinski definition) is 0. The van der Waals surface area contributed by atoms with Crippen molar-refractivity contribution in [2.24, 2.45) is 11.8 Å². The zero-order valence-corrected chi connectivity index (χ0v) is 13.2. The largest absolute Gasteiger partial charge is 0.207 e. The van der Waals surface area contributed by atoms with E-state index in [1.54, 1.807) is 12.1 Å².